The minimum Gasteiger partial charge on any atom is -0.462 e. The van der Waals surface area contributed by atoms with Crippen molar-refractivity contribution in [1.29, 1.82) is 0 Å². The van der Waals surface area contributed by atoms with Crippen LogP contribution in [-0.4, -0.2) is 66.5 Å². The molecular formula is C70H113O11P. The lowest BCUT2D eigenvalue weighted by atomic mass is 10.1. The number of phosphoric ester groups is 1. The van der Waals surface area contributed by atoms with Gasteiger partial charge in [-0.25, -0.2) is 4.57 Å². The van der Waals surface area contributed by atoms with Crippen molar-refractivity contribution < 1.29 is 52.2 Å². The third-order valence-corrected chi connectivity index (χ3v) is 13.7. The molecule has 464 valence electrons. The molecule has 0 heterocycles. The molecule has 0 aromatic rings. The summed E-state index contributed by atoms with van der Waals surface area (Å²) in [5, 5.41) is 9.86. The Morgan fingerprint density at radius 1 is 0.354 bits per heavy atom. The van der Waals surface area contributed by atoms with E-state index in [4.69, 9.17) is 23.3 Å². The average molecular weight is 1160 g/mol. The lowest BCUT2D eigenvalue weighted by Gasteiger charge is -2.21. The van der Waals surface area contributed by atoms with Crippen molar-refractivity contribution in [2.24, 2.45) is 0 Å². The van der Waals surface area contributed by atoms with Crippen LogP contribution in [-0.2, 0) is 42.2 Å². The van der Waals surface area contributed by atoms with Crippen LogP contribution in [0.1, 0.15) is 239 Å². The average Bonchev–Trinajstić information content (AvgIpc) is 3.50. The first-order chi connectivity index (χ1) is 40.2. The monoisotopic (exact) mass is 1160 g/mol. The maximum atomic E-state index is 13.0. The quantitative estimate of drug-likeness (QED) is 0.0197. The smallest absolute Gasteiger partial charge is 0.462 e. The summed E-state index contributed by atoms with van der Waals surface area (Å²) in [4.78, 5) is 48.8. The molecule has 11 nitrogen and oxygen atoms in total. The molecule has 0 aliphatic carbocycles. The van der Waals surface area contributed by atoms with Gasteiger partial charge in [0.2, 0.25) is 0 Å². The van der Waals surface area contributed by atoms with E-state index in [-0.39, 0.29) is 25.9 Å². The summed E-state index contributed by atoms with van der Waals surface area (Å²) >= 11 is 0. The first kappa shape index (κ1) is 77.4. The van der Waals surface area contributed by atoms with Crippen molar-refractivity contribution in [2.45, 2.75) is 251 Å². The fraction of sp³-hybridized carbons (Fsp3) is 0.614. The lowest BCUT2D eigenvalue weighted by Crippen LogP contribution is -2.30. The highest BCUT2D eigenvalue weighted by Crippen LogP contribution is 2.43. The van der Waals surface area contributed by atoms with Gasteiger partial charge in [-0.1, -0.05) is 224 Å². The van der Waals surface area contributed by atoms with Crippen LogP contribution >= 0.6 is 7.82 Å². The van der Waals surface area contributed by atoms with E-state index in [1.54, 1.807) is 0 Å². The summed E-state index contributed by atoms with van der Waals surface area (Å²) in [7, 11) is -4.78. The van der Waals surface area contributed by atoms with Crippen LogP contribution < -0.4 is 0 Å². The van der Waals surface area contributed by atoms with Gasteiger partial charge in [0.05, 0.1) is 19.8 Å². The molecular weight excluding hydrogens is 1050 g/mol. The van der Waals surface area contributed by atoms with Gasteiger partial charge in [-0.15, -0.1) is 0 Å². The second kappa shape index (κ2) is 62.4. The maximum absolute atomic E-state index is 13.0. The fourth-order valence-corrected chi connectivity index (χ4v) is 8.75. The van der Waals surface area contributed by atoms with Crippen molar-refractivity contribution >= 4 is 25.7 Å². The number of ether oxygens (including phenoxy) is 3. The molecule has 0 bridgehead atoms. The Bertz CT molecular complexity index is 1930. The summed E-state index contributed by atoms with van der Waals surface area (Å²) in [6, 6.07) is 0. The standard InChI is InChI=1S/C70H113O11P/c1-4-7-10-13-16-19-22-25-28-31-33-36-39-42-45-48-51-54-57-60-69(73)80-66(62-71)64-78-82(75,76)79-65-67(63-77-68(72)59-56-53-50-47-44-41-38-35-30-27-24-21-18-15-12-9-6-3)81-70(74)61-58-55-52-49-46-43-40-37-34-32-29-26-23-20-17-14-11-8-5-2/h8-9,11-12,16-21,25-30,33-34,36-38,41,43,46,66-67,71H,4-7,10,13-15,22-24,31-32,35,39-40,42,44-45,47-65H2,1-3H3,(H,75,76)/b11-8-,12-9-,19-16-,20-17-,21-18-,28-25-,29-26-,30-27-,36-33-,37-34-,41-38-,46-43-. The second-order valence-electron chi connectivity index (χ2n) is 20.5. The number of phosphoric acid groups is 1. The Morgan fingerprint density at radius 3 is 0.988 bits per heavy atom. The molecule has 2 N–H and O–H groups in total. The predicted molar refractivity (Wildman–Crippen MR) is 343 cm³/mol. The summed E-state index contributed by atoms with van der Waals surface area (Å²) in [5.41, 5.74) is 0. The molecule has 0 aliphatic rings. The van der Waals surface area contributed by atoms with E-state index >= 15 is 0 Å². The third-order valence-electron chi connectivity index (χ3n) is 12.7. The molecule has 0 saturated heterocycles. The molecule has 3 atom stereocenters. The first-order valence-electron chi connectivity index (χ1n) is 31.7. The highest BCUT2D eigenvalue weighted by Gasteiger charge is 2.28. The second-order valence-corrected chi connectivity index (χ2v) is 21.9. The molecule has 0 spiro atoms. The Morgan fingerprint density at radius 2 is 0.634 bits per heavy atom. The minimum absolute atomic E-state index is 0.113. The van der Waals surface area contributed by atoms with E-state index in [0.29, 0.717) is 19.3 Å². The SMILES string of the molecule is CC/C=C\C/C=C\C/C=C\C/C=C\C/C=C\CCCCCC(=O)OC(COC(=O)CCCCCC/C=C\C/C=C\C/C=C\C/C=C\CC)COP(=O)(O)OCC(CO)OC(=O)CCCCCCCC/C=C\C/C=C\C/C=C\CCCCC. The van der Waals surface area contributed by atoms with Crippen LogP contribution in [0.5, 0.6) is 0 Å². The highest BCUT2D eigenvalue weighted by atomic mass is 31.2. The number of aliphatic hydroxyl groups is 1. The van der Waals surface area contributed by atoms with Crippen LogP contribution in [0, 0.1) is 0 Å². The molecule has 82 heavy (non-hydrogen) atoms. The van der Waals surface area contributed by atoms with Crippen LogP contribution in [0.15, 0.2) is 146 Å². The summed E-state index contributed by atoms with van der Waals surface area (Å²) < 4.78 is 39.6. The van der Waals surface area contributed by atoms with Gasteiger partial charge in [0.25, 0.3) is 0 Å². The zero-order chi connectivity index (χ0) is 59.8. The topological polar surface area (TPSA) is 155 Å². The predicted octanol–water partition coefficient (Wildman–Crippen LogP) is 19.5. The molecule has 0 aliphatic heterocycles. The molecule has 0 saturated carbocycles. The van der Waals surface area contributed by atoms with Gasteiger partial charge < -0.3 is 24.2 Å². The third kappa shape index (κ3) is 60.0. The number of rotatable bonds is 57. The summed E-state index contributed by atoms with van der Waals surface area (Å²) in [5.74, 6) is -1.56. The number of allylic oxidation sites excluding steroid dienone is 24. The van der Waals surface area contributed by atoms with E-state index < -0.39 is 57.8 Å². The summed E-state index contributed by atoms with van der Waals surface area (Å²) in [6.07, 6.45) is 80.8. The van der Waals surface area contributed by atoms with E-state index in [1.807, 2.05) is 0 Å². The van der Waals surface area contributed by atoms with Crippen molar-refractivity contribution in [3.63, 3.8) is 0 Å². The van der Waals surface area contributed by atoms with Crippen molar-refractivity contribution in [2.75, 3.05) is 26.4 Å². The normalized spacial score (nSPS) is 14.3. The zero-order valence-corrected chi connectivity index (χ0v) is 52.3. The van der Waals surface area contributed by atoms with Gasteiger partial charge in [-0.2, -0.15) is 0 Å². The lowest BCUT2D eigenvalue weighted by molar-refractivity contribution is -0.161. The van der Waals surface area contributed by atoms with Gasteiger partial charge >= 0.3 is 25.7 Å². The number of hydrogen-bond donors (Lipinski definition) is 2. The number of unbranched alkanes of at least 4 members (excludes halogenated alkanes) is 16. The number of esters is 3. The molecule has 0 rings (SSSR count). The van der Waals surface area contributed by atoms with Gasteiger partial charge in [0.1, 0.15) is 12.7 Å². The number of carbonyl (C=O) groups excluding carboxylic acids is 3. The Hall–Kier alpha value is -4.64. The van der Waals surface area contributed by atoms with Gasteiger partial charge in [-0.05, 0) is 141 Å². The van der Waals surface area contributed by atoms with Gasteiger partial charge in [0, 0.05) is 19.3 Å². The highest BCUT2D eigenvalue weighted by molar-refractivity contribution is 7.47. The Kier molecular flexibility index (Phi) is 58.9. The van der Waals surface area contributed by atoms with E-state index in [9.17, 15) is 28.9 Å². The zero-order valence-electron chi connectivity index (χ0n) is 51.4. The van der Waals surface area contributed by atoms with Crippen molar-refractivity contribution in [3.05, 3.63) is 146 Å². The largest absolute Gasteiger partial charge is 0.472 e. The van der Waals surface area contributed by atoms with Crippen molar-refractivity contribution in [3.8, 4) is 0 Å². The number of hydrogen-bond acceptors (Lipinski definition) is 10. The number of carbonyl (C=O) groups is 3. The van der Waals surface area contributed by atoms with E-state index in [1.165, 1.54) is 25.7 Å². The fourth-order valence-electron chi connectivity index (χ4n) is 7.97. The molecule has 0 amide bonds. The molecule has 0 aromatic carbocycles. The van der Waals surface area contributed by atoms with Gasteiger partial charge in [0.15, 0.2) is 6.10 Å². The first-order valence-corrected chi connectivity index (χ1v) is 33.2. The molecule has 0 fully saturated rings. The minimum atomic E-state index is -4.78. The van der Waals surface area contributed by atoms with Crippen molar-refractivity contribution in [1.82, 2.24) is 0 Å². The van der Waals surface area contributed by atoms with Gasteiger partial charge in [-0.3, -0.25) is 23.4 Å². The maximum Gasteiger partial charge on any atom is 0.472 e. The van der Waals surface area contributed by atoms with E-state index in [0.717, 1.165) is 154 Å². The molecule has 0 aromatic heterocycles. The van der Waals surface area contributed by atoms with Crippen LogP contribution in [0.2, 0.25) is 0 Å². The Labute approximate surface area is 499 Å². The van der Waals surface area contributed by atoms with Crippen LogP contribution in [0.25, 0.3) is 0 Å². The van der Waals surface area contributed by atoms with Crippen LogP contribution in [0.4, 0.5) is 0 Å². The molecule has 3 unspecified atom stereocenters. The van der Waals surface area contributed by atoms with E-state index in [2.05, 4.69) is 167 Å². The Balaban J connectivity index is 4.82. The number of aliphatic hydroxyl groups excluding tert-OH is 1. The summed E-state index contributed by atoms with van der Waals surface area (Å²) in [6.45, 7) is 4.31. The molecule has 12 heteroatoms. The molecule has 0 radical (unpaired) electrons. The van der Waals surface area contributed by atoms with Crippen LogP contribution in [0.3, 0.4) is 0 Å².